The van der Waals surface area contributed by atoms with Gasteiger partial charge in [-0.25, -0.2) is 0 Å². The van der Waals surface area contributed by atoms with Gasteiger partial charge >= 0.3 is 0 Å². The second kappa shape index (κ2) is 8.29. The Morgan fingerprint density at radius 1 is 1.12 bits per heavy atom. The minimum absolute atomic E-state index is 0.240. The Morgan fingerprint density at radius 2 is 1.79 bits per heavy atom. The maximum Gasteiger partial charge on any atom is 0.250 e. The van der Waals surface area contributed by atoms with Crippen LogP contribution in [0.4, 0.5) is 5.69 Å². The molecule has 0 radical (unpaired) electrons. The maximum absolute atomic E-state index is 12.0. The molecule has 0 spiro atoms. The smallest absolute Gasteiger partial charge is 0.250 e. The van der Waals surface area contributed by atoms with Crippen molar-refractivity contribution in [1.29, 1.82) is 0 Å². The van der Waals surface area contributed by atoms with Crippen LogP contribution >= 0.6 is 35.4 Å². The van der Waals surface area contributed by atoms with Crippen molar-refractivity contribution in [3.63, 3.8) is 0 Å². The van der Waals surface area contributed by atoms with Gasteiger partial charge in [-0.15, -0.1) is 0 Å². The number of carbonyl (C=O) groups excluding carboxylic acids is 1. The van der Waals surface area contributed by atoms with E-state index in [1.165, 1.54) is 6.08 Å². The molecule has 124 valence electrons. The first-order valence-electron chi connectivity index (χ1n) is 7.18. The number of aryl methyl sites for hydroxylation is 2. The molecule has 0 saturated heterocycles. The van der Waals surface area contributed by atoms with E-state index in [1.807, 2.05) is 32.0 Å². The third-order valence-corrected chi connectivity index (χ3v) is 4.10. The van der Waals surface area contributed by atoms with Crippen molar-refractivity contribution < 1.29 is 4.79 Å². The fourth-order valence-corrected chi connectivity index (χ4v) is 2.79. The Labute approximate surface area is 156 Å². The number of nitrogens with one attached hydrogen (secondary N) is 2. The lowest BCUT2D eigenvalue weighted by Gasteiger charge is -2.13. The summed E-state index contributed by atoms with van der Waals surface area (Å²) in [7, 11) is 0. The zero-order chi connectivity index (χ0) is 17.7. The molecule has 0 unspecified atom stereocenters. The van der Waals surface area contributed by atoms with Gasteiger partial charge in [0, 0.05) is 21.8 Å². The minimum Gasteiger partial charge on any atom is -0.332 e. The van der Waals surface area contributed by atoms with Gasteiger partial charge in [0.2, 0.25) is 5.91 Å². The molecule has 2 N–H and O–H groups in total. The number of hydrogen-bond donors (Lipinski definition) is 2. The van der Waals surface area contributed by atoms with Crippen LogP contribution in [0.2, 0.25) is 10.0 Å². The zero-order valence-electron chi connectivity index (χ0n) is 13.2. The molecule has 2 rings (SSSR count). The van der Waals surface area contributed by atoms with Crippen LogP contribution in [0, 0.1) is 13.8 Å². The minimum atomic E-state index is -0.343. The van der Waals surface area contributed by atoms with Gasteiger partial charge in [-0.1, -0.05) is 47.5 Å². The van der Waals surface area contributed by atoms with Crippen molar-refractivity contribution in [2.45, 2.75) is 13.8 Å². The van der Waals surface area contributed by atoms with Crippen molar-refractivity contribution in [1.82, 2.24) is 5.32 Å². The largest absolute Gasteiger partial charge is 0.332 e. The normalized spacial score (nSPS) is 10.7. The molecule has 0 heterocycles. The summed E-state index contributed by atoms with van der Waals surface area (Å²) in [6.45, 7) is 3.95. The Hall–Kier alpha value is -1.88. The van der Waals surface area contributed by atoms with E-state index in [4.69, 9.17) is 35.4 Å². The first-order valence-corrected chi connectivity index (χ1v) is 8.34. The Balaban J connectivity index is 1.99. The molecular weight excluding hydrogens is 363 g/mol. The van der Waals surface area contributed by atoms with Crippen molar-refractivity contribution >= 4 is 58.2 Å². The molecule has 0 fully saturated rings. The average molecular weight is 379 g/mol. The summed E-state index contributed by atoms with van der Waals surface area (Å²) >= 11 is 17.1. The molecule has 6 heteroatoms. The van der Waals surface area contributed by atoms with Crippen molar-refractivity contribution in [3.05, 3.63) is 69.2 Å². The lowest BCUT2D eigenvalue weighted by atomic mass is 10.1. The monoisotopic (exact) mass is 378 g/mol. The molecule has 2 aromatic rings. The molecule has 24 heavy (non-hydrogen) atoms. The standard InChI is InChI=1S/C18H16Cl2N2OS/c1-11-4-3-5-12(2)17(11)22-18(24)21-16(23)9-7-13-6-8-14(19)10-15(13)20/h3-10H,1-2H3,(H2,21,22,23,24). The summed E-state index contributed by atoms with van der Waals surface area (Å²) in [6.07, 6.45) is 2.98. The molecule has 2 aromatic carbocycles. The number of para-hydroxylation sites is 1. The Bertz CT molecular complexity index is 798. The number of halogens is 2. The van der Waals surface area contributed by atoms with Gasteiger partial charge in [0.1, 0.15) is 0 Å². The molecule has 0 aliphatic carbocycles. The third kappa shape index (κ3) is 5.06. The lowest BCUT2D eigenvalue weighted by molar-refractivity contribution is -0.115. The number of thiocarbonyl (C=S) groups is 1. The van der Waals surface area contributed by atoms with Gasteiger partial charge in [0.15, 0.2) is 5.11 Å². The summed E-state index contributed by atoms with van der Waals surface area (Å²) in [5, 5.41) is 6.91. The molecule has 0 saturated carbocycles. The van der Waals surface area contributed by atoms with Gasteiger partial charge in [-0.2, -0.15) is 0 Å². The fraction of sp³-hybridized carbons (Fsp3) is 0.111. The van der Waals surface area contributed by atoms with E-state index in [2.05, 4.69) is 10.6 Å². The number of hydrogen-bond acceptors (Lipinski definition) is 2. The SMILES string of the molecule is Cc1cccc(C)c1NC(=S)NC(=O)C=Cc1ccc(Cl)cc1Cl. The van der Waals surface area contributed by atoms with Crippen molar-refractivity contribution in [2.75, 3.05) is 5.32 Å². The molecule has 0 aromatic heterocycles. The number of rotatable bonds is 3. The Kier molecular flexibility index (Phi) is 6.37. The molecule has 0 aliphatic heterocycles. The van der Waals surface area contributed by atoms with Crippen LogP contribution in [0.25, 0.3) is 6.08 Å². The predicted molar refractivity (Wildman–Crippen MR) is 106 cm³/mol. The molecule has 3 nitrogen and oxygen atoms in total. The topological polar surface area (TPSA) is 41.1 Å². The van der Waals surface area contributed by atoms with Gasteiger partial charge < -0.3 is 5.32 Å². The van der Waals surface area contributed by atoms with Gasteiger partial charge in [0.05, 0.1) is 0 Å². The number of benzene rings is 2. The summed E-state index contributed by atoms with van der Waals surface area (Å²) in [5.41, 5.74) is 3.70. The van der Waals surface area contributed by atoms with Crippen LogP contribution in [0.5, 0.6) is 0 Å². The third-order valence-electron chi connectivity index (χ3n) is 3.33. The fourth-order valence-electron chi connectivity index (χ4n) is 2.11. The second-order valence-electron chi connectivity index (χ2n) is 5.21. The molecule has 0 aliphatic rings. The van der Waals surface area contributed by atoms with Gasteiger partial charge in [-0.3, -0.25) is 10.1 Å². The number of amides is 1. The first kappa shape index (κ1) is 18.5. The summed E-state index contributed by atoms with van der Waals surface area (Å²) < 4.78 is 0. The van der Waals surface area contributed by atoms with Crippen LogP contribution in [0.15, 0.2) is 42.5 Å². The Morgan fingerprint density at radius 3 is 2.42 bits per heavy atom. The van der Waals surface area contributed by atoms with E-state index in [9.17, 15) is 4.79 Å². The number of anilines is 1. The van der Waals surface area contributed by atoms with Crippen LogP contribution in [0.3, 0.4) is 0 Å². The number of carbonyl (C=O) groups is 1. The molecule has 0 atom stereocenters. The zero-order valence-corrected chi connectivity index (χ0v) is 15.5. The highest BCUT2D eigenvalue weighted by atomic mass is 35.5. The highest BCUT2D eigenvalue weighted by Crippen LogP contribution is 2.22. The van der Waals surface area contributed by atoms with Crippen LogP contribution in [-0.4, -0.2) is 11.0 Å². The average Bonchev–Trinajstić information content (AvgIpc) is 2.50. The van der Waals surface area contributed by atoms with Crippen LogP contribution in [-0.2, 0) is 4.79 Å². The quantitative estimate of drug-likeness (QED) is 0.573. The molecular formula is C18H16Cl2N2OS. The second-order valence-corrected chi connectivity index (χ2v) is 6.46. The molecule has 0 bridgehead atoms. The van der Waals surface area contributed by atoms with E-state index in [0.717, 1.165) is 16.8 Å². The maximum atomic E-state index is 12.0. The van der Waals surface area contributed by atoms with E-state index < -0.39 is 0 Å². The molecule has 1 amide bonds. The summed E-state index contributed by atoms with van der Waals surface area (Å²) in [6, 6.07) is 11.0. The predicted octanol–water partition coefficient (Wildman–Crippen LogP) is 5.14. The van der Waals surface area contributed by atoms with Crippen LogP contribution < -0.4 is 10.6 Å². The van der Waals surface area contributed by atoms with E-state index >= 15 is 0 Å². The van der Waals surface area contributed by atoms with E-state index in [1.54, 1.807) is 24.3 Å². The summed E-state index contributed by atoms with van der Waals surface area (Å²) in [4.78, 5) is 12.0. The van der Waals surface area contributed by atoms with E-state index in [-0.39, 0.29) is 11.0 Å². The van der Waals surface area contributed by atoms with Crippen molar-refractivity contribution in [3.8, 4) is 0 Å². The van der Waals surface area contributed by atoms with Gasteiger partial charge in [-0.05, 0) is 61.0 Å². The van der Waals surface area contributed by atoms with E-state index in [0.29, 0.717) is 15.6 Å². The summed E-state index contributed by atoms with van der Waals surface area (Å²) in [5.74, 6) is -0.343. The highest BCUT2D eigenvalue weighted by molar-refractivity contribution is 7.80. The van der Waals surface area contributed by atoms with Crippen LogP contribution in [0.1, 0.15) is 16.7 Å². The van der Waals surface area contributed by atoms with Crippen molar-refractivity contribution in [2.24, 2.45) is 0 Å². The highest BCUT2D eigenvalue weighted by Gasteiger charge is 2.06. The van der Waals surface area contributed by atoms with Gasteiger partial charge in [0.25, 0.3) is 0 Å². The lowest BCUT2D eigenvalue weighted by Crippen LogP contribution is -2.33. The first-order chi connectivity index (χ1) is 11.4.